The zero-order chi connectivity index (χ0) is 15.0. The van der Waals surface area contributed by atoms with Crippen LogP contribution in [-0.2, 0) is 6.42 Å². The van der Waals surface area contributed by atoms with Gasteiger partial charge in [0, 0.05) is 24.0 Å². The van der Waals surface area contributed by atoms with Crippen molar-refractivity contribution < 1.29 is 9.13 Å². The van der Waals surface area contributed by atoms with E-state index in [2.05, 4.69) is 4.90 Å². The molecule has 0 unspecified atom stereocenters. The molecule has 0 radical (unpaired) electrons. The molecule has 0 saturated carbocycles. The Morgan fingerprint density at radius 2 is 2.00 bits per heavy atom. The van der Waals surface area contributed by atoms with Gasteiger partial charge in [0.05, 0.1) is 11.8 Å². The lowest BCUT2D eigenvalue weighted by atomic mass is 10.1. The first-order valence-corrected chi connectivity index (χ1v) is 7.17. The molecular weight excluding hydrogens is 267 g/mol. The molecule has 0 spiro atoms. The van der Waals surface area contributed by atoms with Crippen LogP contribution in [0.2, 0.25) is 0 Å². The van der Waals surface area contributed by atoms with Crippen LogP contribution in [0.3, 0.4) is 0 Å². The number of rotatable bonds is 3. The van der Waals surface area contributed by atoms with Crippen molar-refractivity contribution in [3.8, 4) is 5.75 Å². The minimum absolute atomic E-state index is 0.0610. The van der Waals surface area contributed by atoms with Crippen LogP contribution in [0.1, 0.15) is 19.4 Å². The summed E-state index contributed by atoms with van der Waals surface area (Å²) in [6.45, 7) is 4.77. The normalized spacial score (nSPS) is 13.6. The number of benzene rings is 2. The molecule has 0 fully saturated rings. The fourth-order valence-corrected chi connectivity index (χ4v) is 2.67. The Morgan fingerprint density at radius 3 is 2.76 bits per heavy atom. The van der Waals surface area contributed by atoms with Gasteiger partial charge in [-0.15, -0.1) is 0 Å². The van der Waals surface area contributed by atoms with Gasteiger partial charge < -0.3 is 15.4 Å². The van der Waals surface area contributed by atoms with Gasteiger partial charge in [-0.1, -0.05) is 6.07 Å². The van der Waals surface area contributed by atoms with Crippen molar-refractivity contribution in [2.24, 2.45) is 0 Å². The summed E-state index contributed by atoms with van der Waals surface area (Å²) in [7, 11) is 0. The van der Waals surface area contributed by atoms with E-state index in [-0.39, 0.29) is 11.9 Å². The quantitative estimate of drug-likeness (QED) is 0.870. The van der Waals surface area contributed by atoms with E-state index < -0.39 is 0 Å². The van der Waals surface area contributed by atoms with Gasteiger partial charge in [-0.3, -0.25) is 0 Å². The highest BCUT2D eigenvalue weighted by Crippen LogP contribution is 2.37. The Labute approximate surface area is 124 Å². The Morgan fingerprint density at radius 1 is 1.19 bits per heavy atom. The van der Waals surface area contributed by atoms with E-state index in [0.29, 0.717) is 11.4 Å². The van der Waals surface area contributed by atoms with Gasteiger partial charge >= 0.3 is 0 Å². The first kappa shape index (κ1) is 13.7. The van der Waals surface area contributed by atoms with E-state index in [0.717, 1.165) is 24.3 Å². The molecular formula is C17H19FN2O. The summed E-state index contributed by atoms with van der Waals surface area (Å²) in [5.74, 6) is 0.460. The molecule has 0 atom stereocenters. The third kappa shape index (κ3) is 2.66. The van der Waals surface area contributed by atoms with E-state index in [1.807, 2.05) is 38.1 Å². The molecule has 0 saturated heterocycles. The van der Waals surface area contributed by atoms with Crippen LogP contribution >= 0.6 is 0 Å². The van der Waals surface area contributed by atoms with Crippen molar-refractivity contribution in [3.63, 3.8) is 0 Å². The fourth-order valence-electron chi connectivity index (χ4n) is 2.67. The molecule has 0 bridgehead atoms. The molecule has 1 aliphatic rings. The first-order valence-electron chi connectivity index (χ1n) is 7.17. The lowest BCUT2D eigenvalue weighted by Crippen LogP contribution is -2.14. The third-order valence-electron chi connectivity index (χ3n) is 3.61. The van der Waals surface area contributed by atoms with Crippen molar-refractivity contribution in [2.75, 3.05) is 17.2 Å². The number of ether oxygens (including phenoxy) is 1. The van der Waals surface area contributed by atoms with Crippen LogP contribution in [0.15, 0.2) is 36.4 Å². The van der Waals surface area contributed by atoms with Crippen LogP contribution in [0.25, 0.3) is 0 Å². The SMILES string of the molecule is CC(C)Oc1cc(N2CCc3ccc(F)cc32)ccc1N. The Bertz CT molecular complexity index is 670. The second kappa shape index (κ2) is 5.28. The number of hydrogen-bond acceptors (Lipinski definition) is 3. The van der Waals surface area contributed by atoms with Gasteiger partial charge in [-0.25, -0.2) is 4.39 Å². The number of anilines is 3. The van der Waals surface area contributed by atoms with Crippen LogP contribution in [0.4, 0.5) is 21.5 Å². The maximum Gasteiger partial charge on any atom is 0.144 e. The summed E-state index contributed by atoms with van der Waals surface area (Å²) in [4.78, 5) is 2.10. The lowest BCUT2D eigenvalue weighted by Gasteiger charge is -2.21. The highest BCUT2D eigenvalue weighted by molar-refractivity contribution is 5.73. The van der Waals surface area contributed by atoms with Gasteiger partial charge in [-0.2, -0.15) is 0 Å². The van der Waals surface area contributed by atoms with Crippen LogP contribution in [-0.4, -0.2) is 12.6 Å². The molecule has 110 valence electrons. The maximum atomic E-state index is 13.5. The van der Waals surface area contributed by atoms with E-state index in [1.54, 1.807) is 6.07 Å². The predicted octanol–water partition coefficient (Wildman–Crippen LogP) is 3.89. The molecule has 4 heteroatoms. The van der Waals surface area contributed by atoms with Crippen LogP contribution in [0.5, 0.6) is 5.75 Å². The summed E-state index contributed by atoms with van der Waals surface area (Å²) in [5, 5.41) is 0. The van der Waals surface area contributed by atoms with Gasteiger partial charge in [0.15, 0.2) is 0 Å². The number of hydrogen-bond donors (Lipinski definition) is 1. The number of nitrogens with zero attached hydrogens (tertiary/aromatic N) is 1. The zero-order valence-corrected chi connectivity index (χ0v) is 12.3. The first-order chi connectivity index (χ1) is 10.0. The standard InChI is InChI=1S/C17H19FN2O/c1-11(2)21-17-10-14(5-6-15(17)19)20-8-7-12-3-4-13(18)9-16(12)20/h3-6,9-11H,7-8,19H2,1-2H3. The second-order valence-corrected chi connectivity index (χ2v) is 5.56. The molecule has 1 heterocycles. The van der Waals surface area contributed by atoms with E-state index in [1.165, 1.54) is 11.6 Å². The van der Waals surface area contributed by atoms with Crippen molar-refractivity contribution in [1.29, 1.82) is 0 Å². The summed E-state index contributed by atoms with van der Waals surface area (Å²) < 4.78 is 19.2. The average molecular weight is 286 g/mol. The van der Waals surface area contributed by atoms with Crippen LogP contribution < -0.4 is 15.4 Å². The Kier molecular flexibility index (Phi) is 3.45. The molecule has 0 amide bonds. The predicted molar refractivity (Wildman–Crippen MR) is 83.7 cm³/mol. The Hall–Kier alpha value is -2.23. The molecule has 0 aromatic heterocycles. The van der Waals surface area contributed by atoms with Gasteiger partial charge in [0.2, 0.25) is 0 Å². The second-order valence-electron chi connectivity index (χ2n) is 5.56. The number of halogens is 1. The molecule has 1 aliphatic heterocycles. The summed E-state index contributed by atoms with van der Waals surface area (Å²) in [6, 6.07) is 10.7. The molecule has 2 N–H and O–H groups in total. The van der Waals surface area contributed by atoms with Crippen molar-refractivity contribution in [1.82, 2.24) is 0 Å². The minimum atomic E-state index is -0.213. The summed E-state index contributed by atoms with van der Waals surface area (Å²) in [6.07, 6.45) is 0.978. The molecule has 21 heavy (non-hydrogen) atoms. The van der Waals surface area contributed by atoms with Gasteiger partial charge in [0.25, 0.3) is 0 Å². The number of nitrogen functional groups attached to an aromatic ring is 1. The smallest absolute Gasteiger partial charge is 0.144 e. The van der Waals surface area contributed by atoms with Gasteiger partial charge in [-0.05, 0) is 50.1 Å². The molecule has 2 aromatic carbocycles. The van der Waals surface area contributed by atoms with Gasteiger partial charge in [0.1, 0.15) is 11.6 Å². The summed E-state index contributed by atoms with van der Waals surface area (Å²) >= 11 is 0. The highest BCUT2D eigenvalue weighted by Gasteiger charge is 2.21. The monoisotopic (exact) mass is 286 g/mol. The molecule has 3 rings (SSSR count). The van der Waals surface area contributed by atoms with E-state index in [4.69, 9.17) is 10.5 Å². The van der Waals surface area contributed by atoms with E-state index >= 15 is 0 Å². The minimum Gasteiger partial charge on any atom is -0.489 e. The Balaban J connectivity index is 1.98. The zero-order valence-electron chi connectivity index (χ0n) is 12.3. The van der Waals surface area contributed by atoms with E-state index in [9.17, 15) is 4.39 Å². The maximum absolute atomic E-state index is 13.5. The molecule has 3 nitrogen and oxygen atoms in total. The topological polar surface area (TPSA) is 38.5 Å². The molecule has 2 aromatic rings. The van der Waals surface area contributed by atoms with Crippen molar-refractivity contribution in [2.45, 2.75) is 26.4 Å². The average Bonchev–Trinajstić information content (AvgIpc) is 2.84. The number of fused-ring (bicyclic) bond motifs is 1. The number of nitrogens with two attached hydrogens (primary N) is 1. The highest BCUT2D eigenvalue weighted by atomic mass is 19.1. The van der Waals surface area contributed by atoms with Crippen molar-refractivity contribution in [3.05, 3.63) is 47.8 Å². The lowest BCUT2D eigenvalue weighted by molar-refractivity contribution is 0.244. The van der Waals surface area contributed by atoms with Crippen molar-refractivity contribution >= 4 is 17.1 Å². The summed E-state index contributed by atoms with van der Waals surface area (Å²) in [5.41, 5.74) is 9.64. The molecule has 0 aliphatic carbocycles. The third-order valence-corrected chi connectivity index (χ3v) is 3.61. The largest absolute Gasteiger partial charge is 0.489 e. The fraction of sp³-hybridized carbons (Fsp3) is 0.294. The van der Waals surface area contributed by atoms with Crippen LogP contribution in [0, 0.1) is 5.82 Å².